The van der Waals surface area contributed by atoms with Crippen molar-refractivity contribution in [2.45, 2.75) is 38.1 Å². The summed E-state index contributed by atoms with van der Waals surface area (Å²) < 4.78 is 5.30. The van der Waals surface area contributed by atoms with Gasteiger partial charge in [-0.05, 0) is 36.5 Å². The molecule has 3 fully saturated rings. The third kappa shape index (κ3) is 3.52. The first-order valence-corrected chi connectivity index (χ1v) is 9.43. The number of benzene rings is 1. The average molecular weight is 365 g/mol. The number of nitrogens with zero attached hydrogens (tertiary/aromatic N) is 1. The Bertz CT molecular complexity index is 586. The molecule has 3 aliphatic rings. The lowest BCUT2D eigenvalue weighted by atomic mass is 9.87. The lowest BCUT2D eigenvalue weighted by Crippen LogP contribution is -2.39. The van der Waals surface area contributed by atoms with E-state index in [2.05, 4.69) is 22.3 Å². The van der Waals surface area contributed by atoms with Crippen molar-refractivity contribution in [2.75, 3.05) is 26.7 Å². The van der Waals surface area contributed by atoms with Gasteiger partial charge in [-0.2, -0.15) is 0 Å². The summed E-state index contributed by atoms with van der Waals surface area (Å²) in [5.74, 6) is 2.69. The van der Waals surface area contributed by atoms with Crippen molar-refractivity contribution in [1.82, 2.24) is 10.2 Å². The number of hydrogen-bond donors (Lipinski definition) is 1. The minimum absolute atomic E-state index is 0. The molecule has 5 heteroatoms. The Morgan fingerprint density at radius 2 is 1.84 bits per heavy atom. The van der Waals surface area contributed by atoms with Gasteiger partial charge < -0.3 is 15.0 Å². The summed E-state index contributed by atoms with van der Waals surface area (Å²) in [6, 6.07) is 8.56. The molecule has 2 aliphatic heterocycles. The van der Waals surface area contributed by atoms with Gasteiger partial charge in [0.25, 0.3) is 0 Å². The number of nitrogens with one attached hydrogen (secondary N) is 1. The van der Waals surface area contributed by atoms with Crippen LogP contribution < -0.4 is 10.1 Å². The minimum atomic E-state index is 0. The fourth-order valence-electron chi connectivity index (χ4n) is 4.96. The first kappa shape index (κ1) is 18.5. The molecule has 1 amide bonds. The predicted octanol–water partition coefficient (Wildman–Crippen LogP) is 3.42. The topological polar surface area (TPSA) is 41.6 Å². The lowest BCUT2D eigenvalue weighted by molar-refractivity contribution is -0.138. The molecule has 1 aliphatic carbocycles. The third-order valence-corrected chi connectivity index (χ3v) is 6.26. The molecular weight excluding hydrogens is 336 g/mol. The summed E-state index contributed by atoms with van der Waals surface area (Å²) in [6.07, 6.45) is 5.88. The summed E-state index contributed by atoms with van der Waals surface area (Å²) in [4.78, 5) is 15.4. The highest BCUT2D eigenvalue weighted by Crippen LogP contribution is 2.44. The van der Waals surface area contributed by atoms with Crippen LogP contribution in [-0.2, 0) is 4.79 Å². The van der Waals surface area contributed by atoms with Crippen LogP contribution >= 0.6 is 12.4 Å². The first-order valence-electron chi connectivity index (χ1n) is 9.43. The van der Waals surface area contributed by atoms with Gasteiger partial charge in [-0.1, -0.05) is 31.4 Å². The molecule has 0 spiro atoms. The molecule has 0 radical (unpaired) electrons. The second kappa shape index (κ2) is 7.96. The van der Waals surface area contributed by atoms with Crippen molar-refractivity contribution >= 4 is 18.3 Å². The summed E-state index contributed by atoms with van der Waals surface area (Å²) in [5.41, 5.74) is 1.26. The van der Waals surface area contributed by atoms with Gasteiger partial charge in [0.2, 0.25) is 5.91 Å². The number of methoxy groups -OCH3 is 1. The maximum atomic E-state index is 13.2. The van der Waals surface area contributed by atoms with Gasteiger partial charge in [-0.25, -0.2) is 0 Å². The minimum Gasteiger partial charge on any atom is -0.497 e. The van der Waals surface area contributed by atoms with E-state index in [9.17, 15) is 4.79 Å². The van der Waals surface area contributed by atoms with Crippen molar-refractivity contribution in [3.8, 4) is 5.75 Å². The van der Waals surface area contributed by atoms with Crippen LogP contribution in [0.15, 0.2) is 24.3 Å². The summed E-state index contributed by atoms with van der Waals surface area (Å²) in [5, 5.41) is 3.52. The molecule has 1 aromatic carbocycles. The normalized spacial score (nSPS) is 29.2. The molecule has 0 bridgehead atoms. The van der Waals surface area contributed by atoms with Crippen LogP contribution in [-0.4, -0.2) is 37.6 Å². The van der Waals surface area contributed by atoms with E-state index < -0.39 is 0 Å². The smallest absolute Gasteiger partial charge is 0.226 e. The van der Waals surface area contributed by atoms with E-state index in [0.717, 1.165) is 38.2 Å². The van der Waals surface area contributed by atoms with Crippen LogP contribution in [0.4, 0.5) is 0 Å². The van der Waals surface area contributed by atoms with E-state index >= 15 is 0 Å². The second-order valence-corrected chi connectivity index (χ2v) is 7.63. The van der Waals surface area contributed by atoms with Crippen LogP contribution in [0.1, 0.15) is 43.7 Å². The standard InChI is InChI=1S/C20H28N2O2.ClH/c1-24-17-9-7-14(8-10-17)19-18-12-21-11-16(18)13-22(19)20(23)15-5-3-2-4-6-15;/h7-10,15-16,18-19,21H,2-6,11-13H2,1H3;1H/t16-,18-,19+;/m0./s1. The molecule has 4 nitrogen and oxygen atoms in total. The molecule has 1 saturated carbocycles. The van der Waals surface area contributed by atoms with E-state index in [4.69, 9.17) is 4.74 Å². The highest BCUT2D eigenvalue weighted by Gasteiger charge is 2.47. The fraction of sp³-hybridized carbons (Fsp3) is 0.650. The van der Waals surface area contributed by atoms with E-state index in [-0.39, 0.29) is 24.4 Å². The zero-order valence-electron chi connectivity index (χ0n) is 14.9. The Labute approximate surface area is 156 Å². The largest absolute Gasteiger partial charge is 0.497 e. The van der Waals surface area contributed by atoms with E-state index in [1.54, 1.807) is 7.11 Å². The molecule has 2 heterocycles. The van der Waals surface area contributed by atoms with E-state index in [1.807, 2.05) is 12.1 Å². The number of carbonyl (C=O) groups excluding carboxylic acids is 1. The Morgan fingerprint density at radius 3 is 2.52 bits per heavy atom. The number of carbonyl (C=O) groups is 1. The summed E-state index contributed by atoms with van der Waals surface area (Å²) in [7, 11) is 1.69. The predicted molar refractivity (Wildman–Crippen MR) is 101 cm³/mol. The molecule has 1 N–H and O–H groups in total. The van der Waals surface area contributed by atoms with Gasteiger partial charge in [0.05, 0.1) is 13.2 Å². The van der Waals surface area contributed by atoms with Crippen molar-refractivity contribution in [2.24, 2.45) is 17.8 Å². The number of likely N-dealkylation sites (tertiary alicyclic amines) is 1. The van der Waals surface area contributed by atoms with Gasteiger partial charge in [-0.3, -0.25) is 4.79 Å². The van der Waals surface area contributed by atoms with Gasteiger partial charge in [-0.15, -0.1) is 12.4 Å². The van der Waals surface area contributed by atoms with E-state index in [1.165, 1.54) is 24.8 Å². The van der Waals surface area contributed by atoms with Gasteiger partial charge in [0.15, 0.2) is 0 Å². The number of amides is 1. The molecule has 0 unspecified atom stereocenters. The fourth-order valence-corrected chi connectivity index (χ4v) is 4.96. The molecule has 138 valence electrons. The highest BCUT2D eigenvalue weighted by atomic mass is 35.5. The van der Waals surface area contributed by atoms with Crippen LogP contribution in [0.25, 0.3) is 0 Å². The molecule has 0 aromatic heterocycles. The van der Waals surface area contributed by atoms with E-state index in [0.29, 0.717) is 17.7 Å². The lowest BCUT2D eigenvalue weighted by Gasteiger charge is -2.33. The van der Waals surface area contributed by atoms with Crippen LogP contribution in [0, 0.1) is 17.8 Å². The van der Waals surface area contributed by atoms with Crippen LogP contribution in [0.2, 0.25) is 0 Å². The summed E-state index contributed by atoms with van der Waals surface area (Å²) in [6.45, 7) is 2.99. The van der Waals surface area contributed by atoms with Gasteiger partial charge in [0.1, 0.15) is 5.75 Å². The highest BCUT2D eigenvalue weighted by molar-refractivity contribution is 5.85. The quantitative estimate of drug-likeness (QED) is 0.893. The van der Waals surface area contributed by atoms with Gasteiger partial charge >= 0.3 is 0 Å². The maximum absolute atomic E-state index is 13.2. The number of ether oxygens (including phenoxy) is 1. The zero-order valence-corrected chi connectivity index (χ0v) is 15.8. The molecule has 25 heavy (non-hydrogen) atoms. The third-order valence-electron chi connectivity index (χ3n) is 6.26. The number of rotatable bonds is 3. The Morgan fingerprint density at radius 1 is 1.12 bits per heavy atom. The average Bonchev–Trinajstić information content (AvgIpc) is 3.23. The Kier molecular flexibility index (Phi) is 5.90. The number of fused-ring (bicyclic) bond motifs is 1. The molecule has 2 saturated heterocycles. The Hall–Kier alpha value is -1.26. The van der Waals surface area contributed by atoms with Crippen molar-refractivity contribution in [3.63, 3.8) is 0 Å². The monoisotopic (exact) mass is 364 g/mol. The van der Waals surface area contributed by atoms with Crippen LogP contribution in [0.5, 0.6) is 5.75 Å². The number of hydrogen-bond acceptors (Lipinski definition) is 3. The van der Waals surface area contributed by atoms with Crippen molar-refractivity contribution < 1.29 is 9.53 Å². The molecule has 4 rings (SSSR count). The molecular formula is C20H29ClN2O2. The molecule has 1 aromatic rings. The van der Waals surface area contributed by atoms with Crippen molar-refractivity contribution in [3.05, 3.63) is 29.8 Å². The Balaban J connectivity index is 0.00000182. The first-order chi connectivity index (χ1) is 11.8. The summed E-state index contributed by atoms with van der Waals surface area (Å²) >= 11 is 0. The second-order valence-electron chi connectivity index (χ2n) is 7.63. The maximum Gasteiger partial charge on any atom is 0.226 e. The molecule has 3 atom stereocenters. The number of halogens is 1. The van der Waals surface area contributed by atoms with Gasteiger partial charge in [0, 0.05) is 31.5 Å². The van der Waals surface area contributed by atoms with Crippen molar-refractivity contribution in [1.29, 1.82) is 0 Å². The SMILES string of the molecule is COc1ccc([C@@H]2[C@H]3CNC[C@H]3CN2C(=O)C2CCCCC2)cc1.Cl. The zero-order chi connectivity index (χ0) is 16.5. The van der Waals surface area contributed by atoms with Crippen LogP contribution in [0.3, 0.4) is 0 Å².